The van der Waals surface area contributed by atoms with Crippen molar-refractivity contribution in [3.05, 3.63) is 108 Å². The average molecular weight is 553 g/mol. The number of esters is 1. The lowest BCUT2D eigenvalue weighted by atomic mass is 10.1. The molecule has 4 rings (SSSR count). The predicted molar refractivity (Wildman–Crippen MR) is 158 cm³/mol. The standard InChI is InChI=1S/C33H32N2O6/c1-3-4-20-39-28-17-13-27(14-18-28)33(37)41-30-19-10-24(21-31(30)38-2)22-34-35-32(36)23-40-29-15-11-26(12-16-29)25-8-6-5-7-9-25/h5-19,21-22H,3-4,20,23H2,1-2H3,(H,35,36)/b34-22-. The molecule has 4 aromatic carbocycles. The fourth-order valence-electron chi connectivity index (χ4n) is 3.76. The monoisotopic (exact) mass is 552 g/mol. The van der Waals surface area contributed by atoms with Crippen molar-refractivity contribution in [2.24, 2.45) is 5.10 Å². The van der Waals surface area contributed by atoms with E-state index < -0.39 is 11.9 Å². The summed E-state index contributed by atoms with van der Waals surface area (Å²) >= 11 is 0. The van der Waals surface area contributed by atoms with Crippen LogP contribution in [0, 0.1) is 0 Å². The number of hydrogen-bond acceptors (Lipinski definition) is 7. The average Bonchev–Trinajstić information content (AvgIpc) is 3.02. The van der Waals surface area contributed by atoms with Crippen molar-refractivity contribution >= 4 is 18.1 Å². The van der Waals surface area contributed by atoms with E-state index in [1.165, 1.54) is 13.3 Å². The molecule has 0 fully saturated rings. The van der Waals surface area contributed by atoms with Gasteiger partial charge in [0.25, 0.3) is 5.91 Å². The molecule has 210 valence electrons. The molecule has 0 heterocycles. The third-order valence-electron chi connectivity index (χ3n) is 5.98. The van der Waals surface area contributed by atoms with Crippen molar-refractivity contribution in [2.45, 2.75) is 19.8 Å². The first-order valence-corrected chi connectivity index (χ1v) is 13.3. The Morgan fingerprint density at radius 1 is 0.805 bits per heavy atom. The number of nitrogens with one attached hydrogen (secondary N) is 1. The number of amides is 1. The molecule has 0 saturated heterocycles. The molecule has 1 amide bonds. The molecule has 4 aromatic rings. The number of methoxy groups -OCH3 is 1. The molecule has 1 N–H and O–H groups in total. The number of rotatable bonds is 13. The van der Waals surface area contributed by atoms with Gasteiger partial charge in [0.1, 0.15) is 11.5 Å². The summed E-state index contributed by atoms with van der Waals surface area (Å²) in [6, 6.07) is 29.2. The largest absolute Gasteiger partial charge is 0.494 e. The Bertz CT molecular complexity index is 1450. The van der Waals surface area contributed by atoms with E-state index in [0.29, 0.717) is 35.0 Å². The Morgan fingerprint density at radius 2 is 1.49 bits per heavy atom. The number of hydrogen-bond donors (Lipinski definition) is 1. The molecule has 0 aliphatic rings. The van der Waals surface area contributed by atoms with Crippen LogP contribution in [0.15, 0.2) is 102 Å². The van der Waals surface area contributed by atoms with E-state index in [1.54, 1.807) is 42.5 Å². The van der Waals surface area contributed by atoms with E-state index in [-0.39, 0.29) is 12.4 Å². The Morgan fingerprint density at radius 3 is 2.20 bits per heavy atom. The minimum Gasteiger partial charge on any atom is -0.494 e. The molecule has 0 bridgehead atoms. The number of unbranched alkanes of at least 4 members (excludes halogenated alkanes) is 1. The normalized spacial score (nSPS) is 10.7. The van der Waals surface area contributed by atoms with Crippen LogP contribution in [0.1, 0.15) is 35.7 Å². The summed E-state index contributed by atoms with van der Waals surface area (Å²) in [5.41, 5.74) is 5.62. The first-order chi connectivity index (χ1) is 20.1. The second-order valence-electron chi connectivity index (χ2n) is 9.00. The molecule has 0 atom stereocenters. The van der Waals surface area contributed by atoms with Crippen molar-refractivity contribution in [1.82, 2.24) is 5.43 Å². The van der Waals surface area contributed by atoms with Gasteiger partial charge in [-0.05, 0) is 77.7 Å². The SMILES string of the molecule is CCCCOc1ccc(C(=O)Oc2ccc(/C=N\NC(=O)COc3ccc(-c4ccccc4)cc3)cc2OC)cc1. The summed E-state index contributed by atoms with van der Waals surface area (Å²) in [4.78, 5) is 24.8. The van der Waals surface area contributed by atoms with Gasteiger partial charge in [-0.2, -0.15) is 5.10 Å². The van der Waals surface area contributed by atoms with Gasteiger partial charge >= 0.3 is 5.97 Å². The maximum Gasteiger partial charge on any atom is 0.343 e. The lowest BCUT2D eigenvalue weighted by Crippen LogP contribution is -2.24. The van der Waals surface area contributed by atoms with Crippen molar-refractivity contribution < 1.29 is 28.5 Å². The number of ether oxygens (including phenoxy) is 4. The molecule has 8 heteroatoms. The maximum atomic E-state index is 12.6. The van der Waals surface area contributed by atoms with Gasteiger partial charge in [0, 0.05) is 0 Å². The highest BCUT2D eigenvalue weighted by atomic mass is 16.6. The molecule has 0 aliphatic heterocycles. The zero-order valence-electron chi connectivity index (χ0n) is 23.0. The van der Waals surface area contributed by atoms with Crippen LogP contribution in [0.5, 0.6) is 23.0 Å². The summed E-state index contributed by atoms with van der Waals surface area (Å²) in [6.07, 6.45) is 3.47. The van der Waals surface area contributed by atoms with Gasteiger partial charge in [-0.3, -0.25) is 4.79 Å². The van der Waals surface area contributed by atoms with Gasteiger partial charge in [-0.1, -0.05) is 55.8 Å². The molecule has 0 aliphatic carbocycles. The van der Waals surface area contributed by atoms with Crippen LogP contribution in [0.25, 0.3) is 11.1 Å². The highest BCUT2D eigenvalue weighted by Gasteiger charge is 2.13. The van der Waals surface area contributed by atoms with Gasteiger partial charge in [-0.15, -0.1) is 0 Å². The number of carbonyl (C=O) groups is 2. The van der Waals surface area contributed by atoms with Gasteiger partial charge in [0.2, 0.25) is 0 Å². The van der Waals surface area contributed by atoms with E-state index in [2.05, 4.69) is 17.5 Å². The van der Waals surface area contributed by atoms with Gasteiger partial charge in [-0.25, -0.2) is 10.2 Å². The van der Waals surface area contributed by atoms with E-state index in [4.69, 9.17) is 18.9 Å². The summed E-state index contributed by atoms with van der Waals surface area (Å²) < 4.78 is 22.1. The molecule has 41 heavy (non-hydrogen) atoms. The van der Waals surface area contributed by atoms with Crippen molar-refractivity contribution in [3.8, 4) is 34.1 Å². The zero-order valence-corrected chi connectivity index (χ0v) is 23.0. The topological polar surface area (TPSA) is 95.5 Å². The number of hydrazone groups is 1. The van der Waals surface area contributed by atoms with Gasteiger partial charge < -0.3 is 18.9 Å². The summed E-state index contributed by atoms with van der Waals surface area (Å²) in [5.74, 6) is 0.950. The zero-order chi connectivity index (χ0) is 28.9. The minimum atomic E-state index is -0.521. The summed E-state index contributed by atoms with van der Waals surface area (Å²) in [7, 11) is 1.47. The Hall–Kier alpha value is -5.11. The third-order valence-corrected chi connectivity index (χ3v) is 5.98. The van der Waals surface area contributed by atoms with Crippen LogP contribution in [0.3, 0.4) is 0 Å². The fraction of sp³-hybridized carbons (Fsp3) is 0.182. The number of nitrogens with zero attached hydrogens (tertiary/aromatic N) is 1. The summed E-state index contributed by atoms with van der Waals surface area (Å²) in [5, 5.41) is 3.98. The van der Waals surface area contributed by atoms with Crippen LogP contribution >= 0.6 is 0 Å². The molecule has 0 radical (unpaired) electrons. The molecular weight excluding hydrogens is 520 g/mol. The van der Waals surface area contributed by atoms with Crippen LogP contribution in [0.2, 0.25) is 0 Å². The van der Waals surface area contributed by atoms with Gasteiger partial charge in [0.15, 0.2) is 18.1 Å². The van der Waals surface area contributed by atoms with E-state index in [9.17, 15) is 9.59 Å². The van der Waals surface area contributed by atoms with Crippen LogP contribution in [-0.2, 0) is 4.79 Å². The quantitative estimate of drug-likeness (QED) is 0.0689. The number of benzene rings is 4. The van der Waals surface area contributed by atoms with Crippen LogP contribution in [0.4, 0.5) is 0 Å². The molecule has 0 aromatic heterocycles. The van der Waals surface area contributed by atoms with Crippen LogP contribution < -0.4 is 24.4 Å². The Labute approximate surface area is 239 Å². The Balaban J connectivity index is 1.26. The molecule has 0 saturated carbocycles. The smallest absolute Gasteiger partial charge is 0.343 e. The predicted octanol–water partition coefficient (Wildman–Crippen LogP) is 6.29. The lowest BCUT2D eigenvalue weighted by molar-refractivity contribution is -0.123. The maximum absolute atomic E-state index is 12.6. The molecular formula is C33H32N2O6. The summed E-state index contributed by atoms with van der Waals surface area (Å²) in [6.45, 7) is 2.54. The van der Waals surface area contributed by atoms with E-state index in [0.717, 1.165) is 24.0 Å². The van der Waals surface area contributed by atoms with E-state index in [1.807, 2.05) is 54.6 Å². The van der Waals surface area contributed by atoms with Crippen molar-refractivity contribution in [2.75, 3.05) is 20.3 Å². The Kier molecular flexibility index (Phi) is 10.5. The lowest BCUT2D eigenvalue weighted by Gasteiger charge is -2.10. The molecule has 0 spiro atoms. The molecule has 0 unspecified atom stereocenters. The first-order valence-electron chi connectivity index (χ1n) is 13.3. The second-order valence-corrected chi connectivity index (χ2v) is 9.00. The highest BCUT2D eigenvalue weighted by Crippen LogP contribution is 2.29. The van der Waals surface area contributed by atoms with Crippen molar-refractivity contribution in [3.63, 3.8) is 0 Å². The van der Waals surface area contributed by atoms with E-state index >= 15 is 0 Å². The van der Waals surface area contributed by atoms with Crippen LogP contribution in [-0.4, -0.2) is 38.4 Å². The highest BCUT2D eigenvalue weighted by molar-refractivity contribution is 5.92. The third kappa shape index (κ3) is 8.69. The number of carbonyl (C=O) groups excluding carboxylic acids is 2. The van der Waals surface area contributed by atoms with Gasteiger partial charge in [0.05, 0.1) is 25.5 Å². The first kappa shape index (κ1) is 28.9. The second kappa shape index (κ2) is 14.9. The minimum absolute atomic E-state index is 0.188. The van der Waals surface area contributed by atoms with Crippen molar-refractivity contribution in [1.29, 1.82) is 0 Å². The fourth-order valence-corrected chi connectivity index (χ4v) is 3.76. The molecule has 8 nitrogen and oxygen atoms in total.